The van der Waals surface area contributed by atoms with E-state index in [9.17, 15) is 4.79 Å². The Balaban J connectivity index is 0.00000392. The average Bonchev–Trinajstić information content (AvgIpc) is 3.00. The number of rotatable bonds is 8. The molecule has 0 saturated heterocycles. The van der Waals surface area contributed by atoms with E-state index in [2.05, 4.69) is 32.9 Å². The minimum absolute atomic E-state index is 0. The predicted octanol–water partition coefficient (Wildman–Crippen LogP) is 3.77. The highest BCUT2D eigenvalue weighted by Crippen LogP contribution is 2.15. The van der Waals surface area contributed by atoms with Gasteiger partial charge in [-0.25, -0.2) is 9.98 Å². The number of hydrogen-bond donors (Lipinski definition) is 3. The summed E-state index contributed by atoms with van der Waals surface area (Å²) < 4.78 is 0. The first-order chi connectivity index (χ1) is 13.0. The first-order valence-corrected chi connectivity index (χ1v) is 10.2. The van der Waals surface area contributed by atoms with Gasteiger partial charge in [-0.1, -0.05) is 19.1 Å². The zero-order chi connectivity index (χ0) is 19.6. The Morgan fingerprint density at radius 3 is 2.61 bits per heavy atom. The van der Waals surface area contributed by atoms with Crippen molar-refractivity contribution in [3.63, 3.8) is 0 Å². The van der Waals surface area contributed by atoms with E-state index in [0.29, 0.717) is 25.2 Å². The van der Waals surface area contributed by atoms with Crippen LogP contribution >= 0.6 is 35.3 Å². The summed E-state index contributed by atoms with van der Waals surface area (Å²) in [5.74, 6) is 0.700. The van der Waals surface area contributed by atoms with E-state index in [4.69, 9.17) is 0 Å². The van der Waals surface area contributed by atoms with Crippen molar-refractivity contribution in [2.75, 3.05) is 13.1 Å². The molecule has 0 unspecified atom stereocenters. The second-order valence-electron chi connectivity index (χ2n) is 6.25. The molecule has 3 N–H and O–H groups in total. The van der Waals surface area contributed by atoms with Gasteiger partial charge in [0, 0.05) is 23.5 Å². The third-order valence-electron chi connectivity index (χ3n) is 3.97. The summed E-state index contributed by atoms with van der Waals surface area (Å²) in [5.41, 5.74) is 2.75. The molecule has 0 atom stereocenters. The molecule has 0 spiro atoms. The van der Waals surface area contributed by atoms with Crippen LogP contribution in [0.15, 0.2) is 29.3 Å². The van der Waals surface area contributed by atoms with Crippen molar-refractivity contribution < 1.29 is 4.79 Å². The quantitative estimate of drug-likeness (QED) is 0.284. The first kappa shape index (κ1) is 24.4. The normalized spacial score (nSPS) is 10.9. The lowest BCUT2D eigenvalue weighted by molar-refractivity contribution is 0.0953. The zero-order valence-electron chi connectivity index (χ0n) is 17.0. The Labute approximate surface area is 188 Å². The molecular formula is C20H30IN5OS. The molecule has 0 aliphatic carbocycles. The van der Waals surface area contributed by atoms with Crippen LogP contribution < -0.4 is 16.0 Å². The van der Waals surface area contributed by atoms with Crippen molar-refractivity contribution in [2.24, 2.45) is 4.99 Å². The highest BCUT2D eigenvalue weighted by molar-refractivity contribution is 14.0. The van der Waals surface area contributed by atoms with E-state index in [1.807, 2.05) is 45.0 Å². The molecule has 2 rings (SSSR count). The zero-order valence-corrected chi connectivity index (χ0v) is 20.1. The van der Waals surface area contributed by atoms with Crippen LogP contribution in [0.3, 0.4) is 0 Å². The fourth-order valence-corrected chi connectivity index (χ4v) is 3.31. The molecule has 0 saturated carbocycles. The summed E-state index contributed by atoms with van der Waals surface area (Å²) in [6, 6.07) is 7.60. The Kier molecular flexibility index (Phi) is 11.1. The first-order valence-electron chi connectivity index (χ1n) is 9.35. The van der Waals surface area contributed by atoms with Gasteiger partial charge in [0.2, 0.25) is 0 Å². The summed E-state index contributed by atoms with van der Waals surface area (Å²) >= 11 is 1.70. The summed E-state index contributed by atoms with van der Waals surface area (Å²) in [6.45, 7) is 10.8. The highest BCUT2D eigenvalue weighted by atomic mass is 127. The number of carbonyl (C=O) groups excluding carboxylic acids is 1. The van der Waals surface area contributed by atoms with Crippen LogP contribution in [0.25, 0.3) is 0 Å². The lowest BCUT2D eigenvalue weighted by Crippen LogP contribution is -2.36. The molecule has 154 valence electrons. The van der Waals surface area contributed by atoms with Gasteiger partial charge in [-0.3, -0.25) is 4.79 Å². The summed E-state index contributed by atoms with van der Waals surface area (Å²) in [6.07, 6.45) is 0.922. The topological polar surface area (TPSA) is 78.4 Å². The summed E-state index contributed by atoms with van der Waals surface area (Å²) in [5, 5.41) is 10.5. The third-order valence-corrected chi connectivity index (χ3v) is 5.04. The molecule has 0 bridgehead atoms. The number of hydrogen-bond acceptors (Lipinski definition) is 4. The average molecular weight is 515 g/mol. The van der Waals surface area contributed by atoms with E-state index in [1.54, 1.807) is 11.3 Å². The largest absolute Gasteiger partial charge is 0.357 e. The number of aliphatic imine (C=N–C) groups is 1. The van der Waals surface area contributed by atoms with Crippen LogP contribution in [0, 0.1) is 13.8 Å². The molecule has 0 aliphatic rings. The molecule has 28 heavy (non-hydrogen) atoms. The van der Waals surface area contributed by atoms with Crippen LogP contribution in [0.4, 0.5) is 0 Å². The van der Waals surface area contributed by atoms with E-state index in [-0.39, 0.29) is 29.9 Å². The summed E-state index contributed by atoms with van der Waals surface area (Å²) in [4.78, 5) is 22.5. The summed E-state index contributed by atoms with van der Waals surface area (Å²) in [7, 11) is 0. The van der Waals surface area contributed by atoms with Crippen molar-refractivity contribution in [1.82, 2.24) is 20.9 Å². The molecular weight excluding hydrogens is 485 g/mol. The van der Waals surface area contributed by atoms with Gasteiger partial charge in [-0.05, 0) is 44.9 Å². The van der Waals surface area contributed by atoms with Gasteiger partial charge >= 0.3 is 0 Å². The predicted molar refractivity (Wildman–Crippen MR) is 128 cm³/mol. The molecule has 0 aliphatic heterocycles. The van der Waals surface area contributed by atoms with Crippen LogP contribution in [0.2, 0.25) is 0 Å². The number of benzene rings is 1. The molecule has 6 nitrogen and oxygen atoms in total. The number of amides is 1. The second-order valence-corrected chi connectivity index (χ2v) is 7.54. The van der Waals surface area contributed by atoms with Crippen molar-refractivity contribution in [3.8, 4) is 0 Å². The molecule has 0 radical (unpaired) electrons. The van der Waals surface area contributed by atoms with E-state index in [0.717, 1.165) is 35.2 Å². The number of aryl methyl sites for hydroxylation is 2. The molecule has 8 heteroatoms. The Bertz CT molecular complexity index is 771. The Morgan fingerprint density at radius 2 is 1.96 bits per heavy atom. The molecule has 1 heterocycles. The SMILES string of the molecule is CCCNC(=O)c1cccc(CN=C(NCC)NCc2nc(C)c(C)s2)c1.I. The van der Waals surface area contributed by atoms with Crippen molar-refractivity contribution in [1.29, 1.82) is 0 Å². The number of carbonyl (C=O) groups is 1. The molecule has 1 aromatic carbocycles. The maximum Gasteiger partial charge on any atom is 0.251 e. The fraction of sp³-hybridized carbons (Fsp3) is 0.450. The third kappa shape index (κ3) is 7.75. The van der Waals surface area contributed by atoms with E-state index < -0.39 is 0 Å². The van der Waals surface area contributed by atoms with Crippen molar-refractivity contribution >= 4 is 47.2 Å². The number of thiazole rings is 1. The van der Waals surface area contributed by atoms with Crippen LogP contribution in [-0.4, -0.2) is 29.9 Å². The van der Waals surface area contributed by atoms with Crippen LogP contribution in [0.5, 0.6) is 0 Å². The smallest absolute Gasteiger partial charge is 0.251 e. The number of guanidine groups is 1. The minimum atomic E-state index is -0.0396. The molecule has 1 aromatic heterocycles. The lowest BCUT2D eigenvalue weighted by Gasteiger charge is -2.10. The van der Waals surface area contributed by atoms with Gasteiger partial charge < -0.3 is 16.0 Å². The van der Waals surface area contributed by atoms with Crippen molar-refractivity contribution in [2.45, 2.75) is 47.2 Å². The van der Waals surface area contributed by atoms with Gasteiger partial charge in [-0.15, -0.1) is 35.3 Å². The second kappa shape index (κ2) is 12.7. The van der Waals surface area contributed by atoms with Gasteiger partial charge in [0.15, 0.2) is 5.96 Å². The lowest BCUT2D eigenvalue weighted by atomic mass is 10.1. The van der Waals surface area contributed by atoms with Gasteiger partial charge in [0.05, 0.1) is 18.8 Å². The van der Waals surface area contributed by atoms with Crippen LogP contribution in [0.1, 0.15) is 51.8 Å². The van der Waals surface area contributed by atoms with Gasteiger partial charge in [-0.2, -0.15) is 0 Å². The van der Waals surface area contributed by atoms with E-state index in [1.165, 1.54) is 4.88 Å². The monoisotopic (exact) mass is 515 g/mol. The van der Waals surface area contributed by atoms with Gasteiger partial charge in [0.1, 0.15) is 5.01 Å². The Morgan fingerprint density at radius 1 is 1.18 bits per heavy atom. The van der Waals surface area contributed by atoms with Gasteiger partial charge in [0.25, 0.3) is 5.91 Å². The molecule has 1 amide bonds. The standard InChI is InChI=1S/C20H29N5OS.HI/c1-5-10-22-19(26)17-9-7-8-16(11-17)12-23-20(21-6-2)24-13-18-25-14(3)15(4)27-18;/h7-9,11H,5-6,10,12-13H2,1-4H3,(H,22,26)(H2,21,23,24);1H. The van der Waals surface area contributed by atoms with Crippen LogP contribution in [-0.2, 0) is 13.1 Å². The molecule has 0 fully saturated rings. The number of halogens is 1. The number of nitrogens with zero attached hydrogens (tertiary/aromatic N) is 2. The maximum absolute atomic E-state index is 12.1. The number of nitrogens with one attached hydrogen (secondary N) is 3. The highest BCUT2D eigenvalue weighted by Gasteiger charge is 2.07. The Hall–Kier alpha value is -1.68. The molecule has 2 aromatic rings. The number of aromatic nitrogens is 1. The minimum Gasteiger partial charge on any atom is -0.357 e. The van der Waals surface area contributed by atoms with E-state index >= 15 is 0 Å². The fourth-order valence-electron chi connectivity index (χ4n) is 2.44. The maximum atomic E-state index is 12.1. The van der Waals surface area contributed by atoms with Crippen molar-refractivity contribution in [3.05, 3.63) is 51.0 Å².